The molecule has 0 fully saturated rings. The summed E-state index contributed by atoms with van der Waals surface area (Å²) >= 11 is 0. The molecule has 0 bridgehead atoms. The molecule has 0 spiro atoms. The summed E-state index contributed by atoms with van der Waals surface area (Å²) in [5.41, 5.74) is -1.31. The lowest BCUT2D eigenvalue weighted by Gasteiger charge is -2.33. The minimum Gasteiger partial charge on any atom is -0.458 e. The zero-order valence-electron chi connectivity index (χ0n) is 11.2. The zero-order chi connectivity index (χ0) is 12.5. The second-order valence-corrected chi connectivity index (χ2v) is 10.7. The Morgan fingerprint density at radius 3 is 1.67 bits per heavy atom. The molecule has 0 aromatic rings. The predicted octanol–water partition coefficient (Wildman–Crippen LogP) is 2.96. The number of hydrogen-bond donors (Lipinski definition) is 0. The van der Waals surface area contributed by atoms with Crippen molar-refractivity contribution in [1.82, 2.24) is 0 Å². The van der Waals surface area contributed by atoms with Gasteiger partial charge in [0.05, 0.1) is 0 Å². The molecule has 0 N–H and O–H groups in total. The van der Waals surface area contributed by atoms with E-state index in [1.807, 2.05) is 20.8 Å². The molecule has 0 aliphatic carbocycles. The summed E-state index contributed by atoms with van der Waals surface area (Å²) in [4.78, 5) is 11.8. The Morgan fingerprint density at radius 1 is 1.00 bits per heavy atom. The third-order valence-corrected chi connectivity index (χ3v) is 2.57. The molecule has 0 amide bonds. The highest BCUT2D eigenvalue weighted by Crippen LogP contribution is 2.21. The summed E-state index contributed by atoms with van der Waals surface area (Å²) in [6, 6.07) is 0. The average molecular weight is 232 g/mol. The fourth-order valence-electron chi connectivity index (χ4n) is 1.21. The van der Waals surface area contributed by atoms with Crippen molar-refractivity contribution in [3.63, 3.8) is 0 Å². The molecule has 4 heteroatoms. The van der Waals surface area contributed by atoms with Gasteiger partial charge in [-0.25, -0.2) is 4.79 Å². The zero-order valence-corrected chi connectivity index (χ0v) is 12.2. The van der Waals surface area contributed by atoms with Crippen LogP contribution in [0.5, 0.6) is 0 Å². The summed E-state index contributed by atoms with van der Waals surface area (Å²) < 4.78 is 11.1. The van der Waals surface area contributed by atoms with Gasteiger partial charge < -0.3 is 9.16 Å². The van der Waals surface area contributed by atoms with Crippen molar-refractivity contribution in [3.8, 4) is 0 Å². The lowest BCUT2D eigenvalue weighted by atomic mass is 10.1. The van der Waals surface area contributed by atoms with Gasteiger partial charge in [-0.1, -0.05) is 0 Å². The van der Waals surface area contributed by atoms with E-state index in [1.54, 1.807) is 13.8 Å². The van der Waals surface area contributed by atoms with Crippen LogP contribution in [0.25, 0.3) is 0 Å². The van der Waals surface area contributed by atoms with Crippen molar-refractivity contribution in [2.24, 2.45) is 0 Å². The van der Waals surface area contributed by atoms with Gasteiger partial charge in [0.2, 0.25) is 0 Å². The highest BCUT2D eigenvalue weighted by atomic mass is 28.4. The smallest absolute Gasteiger partial charge is 0.337 e. The number of ether oxygens (including phenoxy) is 1. The molecule has 0 aliphatic rings. The van der Waals surface area contributed by atoms with Crippen LogP contribution < -0.4 is 0 Å². The van der Waals surface area contributed by atoms with E-state index in [4.69, 9.17) is 9.16 Å². The Morgan fingerprint density at radius 2 is 1.40 bits per heavy atom. The third kappa shape index (κ3) is 6.68. The molecule has 0 aliphatic heterocycles. The maximum absolute atomic E-state index is 11.8. The van der Waals surface area contributed by atoms with Crippen LogP contribution in [0.2, 0.25) is 19.6 Å². The lowest BCUT2D eigenvalue weighted by Crippen LogP contribution is -2.47. The second kappa shape index (κ2) is 4.26. The highest BCUT2D eigenvalue weighted by Gasteiger charge is 2.37. The van der Waals surface area contributed by atoms with E-state index < -0.39 is 19.5 Å². The minimum atomic E-state index is -1.73. The van der Waals surface area contributed by atoms with E-state index >= 15 is 0 Å². The quantitative estimate of drug-likeness (QED) is 0.554. The van der Waals surface area contributed by atoms with Crippen LogP contribution in [0.15, 0.2) is 0 Å². The number of carbonyl (C=O) groups excluding carboxylic acids is 1. The van der Waals surface area contributed by atoms with E-state index in [0.29, 0.717) is 0 Å². The minimum absolute atomic E-state index is 0.294. The van der Waals surface area contributed by atoms with Crippen LogP contribution >= 0.6 is 0 Å². The molecule has 0 rings (SSSR count). The first-order valence-electron chi connectivity index (χ1n) is 5.27. The van der Waals surface area contributed by atoms with Crippen molar-refractivity contribution < 1.29 is 14.0 Å². The standard InChI is InChI=1S/C11H24O3Si/c1-10(2,3)13-9(12)11(4,5)14-15(6,7)8/h1-8H3. The van der Waals surface area contributed by atoms with E-state index in [9.17, 15) is 4.79 Å². The Balaban J connectivity index is 4.54. The fraction of sp³-hybridized carbons (Fsp3) is 0.909. The molecule has 0 aromatic carbocycles. The largest absolute Gasteiger partial charge is 0.458 e. The van der Waals surface area contributed by atoms with E-state index in [-0.39, 0.29) is 5.97 Å². The van der Waals surface area contributed by atoms with Crippen LogP contribution in [0.1, 0.15) is 34.6 Å². The number of hydrogen-bond acceptors (Lipinski definition) is 3. The second-order valence-electron chi connectivity index (χ2n) is 6.23. The molecule has 15 heavy (non-hydrogen) atoms. The van der Waals surface area contributed by atoms with Crippen molar-refractivity contribution in [1.29, 1.82) is 0 Å². The summed E-state index contributed by atoms with van der Waals surface area (Å²) in [7, 11) is -1.73. The Hall–Kier alpha value is -0.353. The van der Waals surface area contributed by atoms with Crippen molar-refractivity contribution in [3.05, 3.63) is 0 Å². The Labute approximate surface area is 94.3 Å². The summed E-state index contributed by atoms with van der Waals surface area (Å²) in [6.07, 6.45) is 0. The van der Waals surface area contributed by atoms with Crippen LogP contribution in [-0.2, 0) is 14.0 Å². The topological polar surface area (TPSA) is 35.5 Å². The van der Waals surface area contributed by atoms with Crippen molar-refractivity contribution in [2.75, 3.05) is 0 Å². The molecule has 90 valence electrons. The predicted molar refractivity (Wildman–Crippen MR) is 64.4 cm³/mol. The van der Waals surface area contributed by atoms with Gasteiger partial charge in [0.1, 0.15) is 11.2 Å². The van der Waals surface area contributed by atoms with Crippen LogP contribution in [0.3, 0.4) is 0 Å². The highest BCUT2D eigenvalue weighted by molar-refractivity contribution is 6.70. The van der Waals surface area contributed by atoms with Crippen LogP contribution in [0.4, 0.5) is 0 Å². The van der Waals surface area contributed by atoms with Gasteiger partial charge in [-0.15, -0.1) is 0 Å². The monoisotopic (exact) mass is 232 g/mol. The lowest BCUT2D eigenvalue weighted by molar-refractivity contribution is -0.171. The van der Waals surface area contributed by atoms with E-state index in [0.717, 1.165) is 0 Å². The molecule has 0 saturated carbocycles. The van der Waals surface area contributed by atoms with Gasteiger partial charge in [0, 0.05) is 0 Å². The molecular formula is C11H24O3Si. The number of esters is 1. The first kappa shape index (κ1) is 14.6. The van der Waals surface area contributed by atoms with Crippen LogP contribution in [0, 0.1) is 0 Å². The van der Waals surface area contributed by atoms with Gasteiger partial charge >= 0.3 is 5.97 Å². The van der Waals surface area contributed by atoms with Crippen LogP contribution in [-0.4, -0.2) is 25.5 Å². The van der Waals surface area contributed by atoms with Crippen molar-refractivity contribution in [2.45, 2.75) is 65.5 Å². The maximum Gasteiger partial charge on any atom is 0.337 e. The summed E-state index contributed by atoms with van der Waals surface area (Å²) in [5, 5.41) is 0. The molecule has 0 radical (unpaired) electrons. The van der Waals surface area contributed by atoms with Gasteiger partial charge in [0.15, 0.2) is 8.32 Å². The third-order valence-electron chi connectivity index (χ3n) is 1.45. The van der Waals surface area contributed by atoms with Gasteiger partial charge in [-0.3, -0.25) is 0 Å². The normalized spacial score (nSPS) is 13.9. The van der Waals surface area contributed by atoms with Gasteiger partial charge in [-0.2, -0.15) is 0 Å². The summed E-state index contributed by atoms with van der Waals surface area (Å²) in [5.74, 6) is -0.294. The van der Waals surface area contributed by atoms with E-state index in [1.165, 1.54) is 0 Å². The van der Waals surface area contributed by atoms with Crippen molar-refractivity contribution >= 4 is 14.3 Å². The first-order chi connectivity index (χ1) is 6.33. The molecule has 0 saturated heterocycles. The molecule has 3 nitrogen and oxygen atoms in total. The average Bonchev–Trinajstić information content (AvgIpc) is 1.75. The van der Waals surface area contributed by atoms with E-state index in [2.05, 4.69) is 19.6 Å². The first-order valence-corrected chi connectivity index (χ1v) is 8.68. The Kier molecular flexibility index (Phi) is 4.16. The SMILES string of the molecule is CC(C)(C)OC(=O)C(C)(C)O[Si](C)(C)C. The molecule has 0 aromatic heterocycles. The number of carbonyl (C=O) groups is 1. The van der Waals surface area contributed by atoms with Gasteiger partial charge in [0.25, 0.3) is 0 Å². The number of rotatable bonds is 3. The molecule has 0 heterocycles. The fourth-order valence-corrected chi connectivity index (χ4v) is 2.82. The maximum atomic E-state index is 11.8. The van der Waals surface area contributed by atoms with Gasteiger partial charge in [-0.05, 0) is 54.3 Å². The summed E-state index contributed by atoms with van der Waals surface area (Å²) in [6.45, 7) is 15.3. The molecule has 0 unspecified atom stereocenters. The Bertz CT molecular complexity index is 233. The molecular weight excluding hydrogens is 208 g/mol. The molecule has 0 atom stereocenters.